The molecule has 12 heteroatoms. The van der Waals surface area contributed by atoms with Crippen molar-refractivity contribution in [2.24, 2.45) is 0 Å². The van der Waals surface area contributed by atoms with Crippen LogP contribution >= 0.6 is 0 Å². The fourth-order valence-electron chi connectivity index (χ4n) is 3.78. The number of carbonyl (C=O) groups excluding carboxylic acids is 2. The van der Waals surface area contributed by atoms with E-state index < -0.39 is 46.2 Å². The van der Waals surface area contributed by atoms with E-state index in [1.54, 1.807) is 31.2 Å². The molecule has 0 unspecified atom stereocenters. The van der Waals surface area contributed by atoms with E-state index >= 15 is 0 Å². The molecule has 0 aliphatic carbocycles. The number of hydrogen-bond acceptors (Lipinski definition) is 5. The third-order valence-electron chi connectivity index (χ3n) is 6.01. The molecule has 8 nitrogen and oxygen atoms in total. The molecule has 2 atom stereocenters. The quantitative estimate of drug-likeness (QED) is 0.422. The first kappa shape index (κ1) is 30.9. The molecule has 0 aromatic heterocycles. The first-order valence-electron chi connectivity index (χ1n) is 12.1. The van der Waals surface area contributed by atoms with Crippen LogP contribution in [0.3, 0.4) is 0 Å². The summed E-state index contributed by atoms with van der Waals surface area (Å²) in [5.41, 5.74) is -0.740. The highest BCUT2D eigenvalue weighted by atomic mass is 32.2. The molecular formula is C26H34F3N3O5S. The van der Waals surface area contributed by atoms with Crippen LogP contribution in [0, 0.1) is 0 Å². The minimum Gasteiger partial charge on any atom is -0.497 e. The molecule has 2 amide bonds. The minimum absolute atomic E-state index is 0.0529. The molecule has 0 heterocycles. The first-order valence-corrected chi connectivity index (χ1v) is 13.9. The average molecular weight is 558 g/mol. The Morgan fingerprint density at radius 2 is 1.71 bits per heavy atom. The maximum atomic E-state index is 13.7. The van der Waals surface area contributed by atoms with E-state index in [2.05, 4.69) is 5.32 Å². The van der Waals surface area contributed by atoms with Gasteiger partial charge in [0.05, 0.1) is 24.6 Å². The number of halogens is 3. The number of anilines is 1. The van der Waals surface area contributed by atoms with Gasteiger partial charge >= 0.3 is 6.18 Å². The van der Waals surface area contributed by atoms with Gasteiger partial charge in [0.2, 0.25) is 21.8 Å². The van der Waals surface area contributed by atoms with Gasteiger partial charge in [-0.1, -0.05) is 32.0 Å². The van der Waals surface area contributed by atoms with Crippen LogP contribution in [0.5, 0.6) is 5.75 Å². The molecule has 2 aromatic carbocycles. The number of nitrogens with one attached hydrogen (secondary N) is 1. The van der Waals surface area contributed by atoms with Crippen LogP contribution in [-0.2, 0) is 32.3 Å². The fourth-order valence-corrected chi connectivity index (χ4v) is 4.62. The number of rotatable bonds is 12. The van der Waals surface area contributed by atoms with Gasteiger partial charge in [0.1, 0.15) is 18.3 Å². The van der Waals surface area contributed by atoms with E-state index in [0.29, 0.717) is 28.1 Å². The lowest BCUT2D eigenvalue weighted by Crippen LogP contribution is -2.53. The van der Waals surface area contributed by atoms with Gasteiger partial charge in [0.25, 0.3) is 0 Å². The summed E-state index contributed by atoms with van der Waals surface area (Å²) < 4.78 is 71.0. The summed E-state index contributed by atoms with van der Waals surface area (Å²) in [6.45, 7) is 4.58. The number of benzene rings is 2. The molecule has 2 aromatic rings. The molecule has 0 saturated heterocycles. The molecule has 0 aliphatic heterocycles. The van der Waals surface area contributed by atoms with Gasteiger partial charge in [-0.2, -0.15) is 13.2 Å². The largest absolute Gasteiger partial charge is 0.497 e. The summed E-state index contributed by atoms with van der Waals surface area (Å²) in [5, 5.41) is 2.85. The second-order valence-corrected chi connectivity index (χ2v) is 10.8. The van der Waals surface area contributed by atoms with Crippen molar-refractivity contribution in [2.75, 3.05) is 24.2 Å². The molecule has 0 aliphatic rings. The standard InChI is InChI=1S/C26H34F3N3O5S/c1-6-18(3)30-25(34)23(7-2)31(16-19-10-8-13-22(14-19)37-4)24(33)17-32(38(5,35)36)21-12-9-11-20(15-21)26(27,28)29/h8-15,18,23H,6-7,16-17H2,1-5H3,(H,30,34)/t18-,23+/m1/s1. The molecule has 38 heavy (non-hydrogen) atoms. The molecule has 1 N–H and O–H groups in total. The van der Waals surface area contributed by atoms with Crippen molar-refractivity contribution in [3.63, 3.8) is 0 Å². The lowest BCUT2D eigenvalue weighted by Gasteiger charge is -2.33. The van der Waals surface area contributed by atoms with Crippen LogP contribution in [0.4, 0.5) is 18.9 Å². The molecule has 2 rings (SSSR count). The minimum atomic E-state index is -4.71. The second kappa shape index (κ2) is 13.0. The van der Waals surface area contributed by atoms with E-state index in [4.69, 9.17) is 4.74 Å². The highest BCUT2D eigenvalue weighted by Crippen LogP contribution is 2.32. The van der Waals surface area contributed by atoms with Crippen molar-refractivity contribution in [3.05, 3.63) is 59.7 Å². The van der Waals surface area contributed by atoms with E-state index in [-0.39, 0.29) is 24.7 Å². The monoisotopic (exact) mass is 557 g/mol. The number of alkyl halides is 3. The van der Waals surface area contributed by atoms with Gasteiger partial charge in [-0.15, -0.1) is 0 Å². The second-order valence-electron chi connectivity index (χ2n) is 8.93. The average Bonchev–Trinajstić information content (AvgIpc) is 2.85. The molecule has 0 spiro atoms. The third-order valence-corrected chi connectivity index (χ3v) is 7.16. The molecule has 0 radical (unpaired) electrons. The summed E-state index contributed by atoms with van der Waals surface area (Å²) >= 11 is 0. The lowest BCUT2D eigenvalue weighted by atomic mass is 10.1. The Balaban J connectivity index is 2.51. The van der Waals surface area contributed by atoms with E-state index in [9.17, 15) is 31.2 Å². The van der Waals surface area contributed by atoms with E-state index in [0.717, 1.165) is 18.4 Å². The van der Waals surface area contributed by atoms with Gasteiger partial charge in [-0.3, -0.25) is 13.9 Å². The Labute approximate surface area is 221 Å². The predicted molar refractivity (Wildman–Crippen MR) is 139 cm³/mol. The number of ether oxygens (including phenoxy) is 1. The zero-order valence-electron chi connectivity index (χ0n) is 22.1. The number of sulfonamides is 1. The Morgan fingerprint density at radius 1 is 1.05 bits per heavy atom. The highest BCUT2D eigenvalue weighted by Gasteiger charge is 2.34. The van der Waals surface area contributed by atoms with Gasteiger partial charge in [-0.25, -0.2) is 8.42 Å². The van der Waals surface area contributed by atoms with Crippen molar-refractivity contribution in [1.29, 1.82) is 0 Å². The number of nitrogens with zero attached hydrogens (tertiary/aromatic N) is 2. The van der Waals surface area contributed by atoms with Gasteiger partial charge in [0, 0.05) is 12.6 Å². The Bertz CT molecular complexity index is 1220. The van der Waals surface area contributed by atoms with Crippen LogP contribution in [0.2, 0.25) is 0 Å². The fraction of sp³-hybridized carbons (Fsp3) is 0.462. The van der Waals surface area contributed by atoms with Crippen LogP contribution in [0.1, 0.15) is 44.7 Å². The van der Waals surface area contributed by atoms with E-state index in [1.807, 2.05) is 13.8 Å². The topological polar surface area (TPSA) is 96.0 Å². The molecule has 0 saturated carbocycles. The van der Waals surface area contributed by atoms with Crippen molar-refractivity contribution in [3.8, 4) is 5.75 Å². The smallest absolute Gasteiger partial charge is 0.416 e. The maximum Gasteiger partial charge on any atom is 0.416 e. The zero-order chi connectivity index (χ0) is 28.7. The number of hydrogen-bond donors (Lipinski definition) is 1. The Kier molecular flexibility index (Phi) is 10.6. The Morgan fingerprint density at radius 3 is 2.26 bits per heavy atom. The van der Waals surface area contributed by atoms with Crippen molar-refractivity contribution in [2.45, 2.75) is 58.4 Å². The van der Waals surface area contributed by atoms with Gasteiger partial charge in [-0.05, 0) is 55.7 Å². The number of methoxy groups -OCH3 is 1. The summed E-state index contributed by atoms with van der Waals surface area (Å²) in [6, 6.07) is 9.45. The predicted octanol–water partition coefficient (Wildman–Crippen LogP) is 4.20. The normalized spacial score (nSPS) is 13.4. The maximum absolute atomic E-state index is 13.7. The SMILES string of the molecule is CC[C@@H](C)NC(=O)[C@H](CC)N(Cc1cccc(OC)c1)C(=O)CN(c1cccc(C(F)(F)F)c1)S(C)(=O)=O. The Hall–Kier alpha value is -3.28. The summed E-state index contributed by atoms with van der Waals surface area (Å²) in [6.07, 6.45) is -3.02. The first-order chi connectivity index (χ1) is 17.7. The van der Waals surface area contributed by atoms with Gasteiger partial charge in [0.15, 0.2) is 0 Å². The molecule has 210 valence electrons. The third kappa shape index (κ3) is 8.37. The summed E-state index contributed by atoms with van der Waals surface area (Å²) in [7, 11) is -2.69. The molecular weight excluding hydrogens is 523 g/mol. The summed E-state index contributed by atoms with van der Waals surface area (Å²) in [4.78, 5) is 28.0. The van der Waals surface area contributed by atoms with Gasteiger partial charge < -0.3 is 15.0 Å². The van der Waals surface area contributed by atoms with Crippen LogP contribution < -0.4 is 14.4 Å². The van der Waals surface area contributed by atoms with Crippen molar-refractivity contribution in [1.82, 2.24) is 10.2 Å². The number of carbonyl (C=O) groups is 2. The number of amides is 2. The summed E-state index contributed by atoms with van der Waals surface area (Å²) in [5.74, 6) is -0.640. The lowest BCUT2D eigenvalue weighted by molar-refractivity contribution is -0.140. The molecule has 0 bridgehead atoms. The van der Waals surface area contributed by atoms with Crippen LogP contribution in [0.15, 0.2) is 48.5 Å². The van der Waals surface area contributed by atoms with Crippen molar-refractivity contribution >= 4 is 27.5 Å². The van der Waals surface area contributed by atoms with Crippen LogP contribution in [0.25, 0.3) is 0 Å². The molecule has 0 fully saturated rings. The van der Waals surface area contributed by atoms with Crippen molar-refractivity contribution < 1.29 is 35.9 Å². The van der Waals surface area contributed by atoms with E-state index in [1.165, 1.54) is 18.1 Å². The highest BCUT2D eigenvalue weighted by molar-refractivity contribution is 7.92. The zero-order valence-corrected chi connectivity index (χ0v) is 22.9. The van der Waals surface area contributed by atoms with Crippen LogP contribution in [-0.4, -0.2) is 57.1 Å².